The van der Waals surface area contributed by atoms with Crippen LogP contribution in [0.1, 0.15) is 61.0 Å². The molecule has 0 unspecified atom stereocenters. The molecule has 0 saturated heterocycles. The first kappa shape index (κ1) is 25.7. The fraction of sp³-hybridized carbons (Fsp3) is 0.586. The quantitative estimate of drug-likeness (QED) is 0.394. The van der Waals surface area contributed by atoms with Crippen molar-refractivity contribution in [2.24, 2.45) is 23.7 Å². The lowest BCUT2D eigenvalue weighted by molar-refractivity contribution is 0.679. The first-order valence-electron chi connectivity index (χ1n) is 13.0. The smallest absolute Gasteiger partial charge is 0.0665 e. The van der Waals surface area contributed by atoms with E-state index in [1.54, 1.807) is 21.1 Å². The highest BCUT2D eigenvalue weighted by atomic mass is 29.2. The predicted molar refractivity (Wildman–Crippen MR) is 151 cm³/mol. The van der Waals surface area contributed by atoms with Gasteiger partial charge in [-0.1, -0.05) is 149 Å². The van der Waals surface area contributed by atoms with Gasteiger partial charge in [0.1, 0.15) is 0 Å². The van der Waals surface area contributed by atoms with Crippen molar-refractivity contribution in [2.75, 3.05) is 0 Å². The molecular formula is C29H46Si3. The maximum Gasteiger partial charge on any atom is 0.0915 e. The molecule has 1 aliphatic heterocycles. The number of benzene rings is 2. The third kappa shape index (κ3) is 6.15. The van der Waals surface area contributed by atoms with E-state index in [9.17, 15) is 0 Å². The van der Waals surface area contributed by atoms with E-state index >= 15 is 0 Å². The fourth-order valence-corrected chi connectivity index (χ4v) is 24.6. The highest BCUT2D eigenvalue weighted by molar-refractivity contribution is 7.35. The van der Waals surface area contributed by atoms with Gasteiger partial charge in [-0.2, -0.15) is 0 Å². The van der Waals surface area contributed by atoms with E-state index in [0.29, 0.717) is 0 Å². The van der Waals surface area contributed by atoms with E-state index in [-0.39, 0.29) is 0 Å². The van der Waals surface area contributed by atoms with Gasteiger partial charge in [0, 0.05) is 0 Å². The molecule has 0 aliphatic carbocycles. The minimum Gasteiger partial charge on any atom is -0.0665 e. The monoisotopic (exact) mass is 478 g/mol. The summed E-state index contributed by atoms with van der Waals surface area (Å²) in [4.78, 5) is 0. The lowest BCUT2D eigenvalue weighted by atomic mass is 10.2. The van der Waals surface area contributed by atoms with E-state index in [0.717, 1.165) is 32.7 Å². The second-order valence-electron chi connectivity index (χ2n) is 12.3. The van der Waals surface area contributed by atoms with Crippen LogP contribution in [0, 0.1) is 23.7 Å². The van der Waals surface area contributed by atoms with Crippen LogP contribution in [0.4, 0.5) is 0 Å². The summed E-state index contributed by atoms with van der Waals surface area (Å²) in [5.41, 5.74) is 1.62. The van der Waals surface area contributed by atoms with Crippen molar-refractivity contribution in [1.29, 1.82) is 0 Å². The van der Waals surface area contributed by atoms with Gasteiger partial charge in [0.05, 0.1) is 24.7 Å². The van der Waals surface area contributed by atoms with E-state index in [2.05, 4.69) is 104 Å². The maximum absolute atomic E-state index is 2.78. The summed E-state index contributed by atoms with van der Waals surface area (Å²) in [6.07, 6.45) is 0. The zero-order valence-corrected chi connectivity index (χ0v) is 25.0. The number of fused-ring (bicyclic) bond motifs is 4. The van der Waals surface area contributed by atoms with Gasteiger partial charge in [-0.15, -0.1) is 0 Å². The highest BCUT2D eigenvalue weighted by Gasteiger charge is 2.41. The molecule has 2 aromatic carbocycles. The van der Waals surface area contributed by atoms with E-state index in [4.69, 9.17) is 0 Å². The number of hydrogen-bond acceptors (Lipinski definition) is 0. The van der Waals surface area contributed by atoms with Gasteiger partial charge >= 0.3 is 0 Å². The summed E-state index contributed by atoms with van der Waals surface area (Å²) < 4.78 is 0. The Morgan fingerprint density at radius 2 is 1.19 bits per heavy atom. The molecule has 0 spiro atoms. The summed E-state index contributed by atoms with van der Waals surface area (Å²) >= 11 is 0. The molecule has 0 fully saturated rings. The number of rotatable bonds is 8. The van der Waals surface area contributed by atoms with Crippen LogP contribution < -0.4 is 15.6 Å². The summed E-state index contributed by atoms with van der Waals surface area (Å²) in [6.45, 7) is 19.6. The standard InChI is InChI=1S/C29H46Si3/c1-22(2)17-31(18-23(3)4)21-26-11-9-12-27(15-26)30-32(19-24(5)6,20-25(7)8)29-14-10-13-28(31)16-29/h9-16,22-25H,17-21H2,1-8H3. The Kier molecular flexibility index (Phi) is 8.49. The Bertz CT molecular complexity index is 797. The number of hydrogen-bond donors (Lipinski definition) is 0. The van der Waals surface area contributed by atoms with Crippen molar-refractivity contribution in [2.45, 2.75) is 85.6 Å². The summed E-state index contributed by atoms with van der Waals surface area (Å²) in [5.74, 6) is 3.03. The molecule has 2 radical (unpaired) electrons. The topological polar surface area (TPSA) is 0 Å². The van der Waals surface area contributed by atoms with Crippen molar-refractivity contribution < 1.29 is 0 Å². The van der Waals surface area contributed by atoms with Crippen LogP contribution in [0.25, 0.3) is 0 Å². The molecule has 32 heavy (non-hydrogen) atoms. The first-order chi connectivity index (χ1) is 15.0. The SMILES string of the molecule is CC(C)C[Si]1(CC(C)C)Cc2cccc(c2)[Si][Si](CC(C)C)(CC(C)C)c2cccc1c2. The van der Waals surface area contributed by atoms with E-state index in [1.165, 1.54) is 30.2 Å². The highest BCUT2D eigenvalue weighted by Crippen LogP contribution is 2.31. The largest absolute Gasteiger partial charge is 0.0915 e. The zero-order valence-electron chi connectivity index (χ0n) is 22.0. The third-order valence-electron chi connectivity index (χ3n) is 6.99. The molecule has 174 valence electrons. The molecule has 2 aromatic rings. The molecule has 3 heteroatoms. The lowest BCUT2D eigenvalue weighted by Gasteiger charge is -2.40. The molecule has 0 nitrogen and oxygen atoms in total. The lowest BCUT2D eigenvalue weighted by Crippen LogP contribution is -2.61. The average Bonchev–Trinajstić information content (AvgIpc) is 2.65. The Hall–Kier alpha value is -0.909. The molecule has 1 heterocycles. The van der Waals surface area contributed by atoms with Crippen molar-refractivity contribution in [1.82, 2.24) is 0 Å². The van der Waals surface area contributed by atoms with Crippen LogP contribution in [0.2, 0.25) is 24.2 Å². The van der Waals surface area contributed by atoms with Crippen LogP contribution in [0.15, 0.2) is 48.5 Å². The van der Waals surface area contributed by atoms with Gasteiger partial charge in [0.25, 0.3) is 0 Å². The Morgan fingerprint density at radius 1 is 0.656 bits per heavy atom. The van der Waals surface area contributed by atoms with E-state index < -0.39 is 15.7 Å². The third-order valence-corrected chi connectivity index (χ3v) is 22.7. The van der Waals surface area contributed by atoms with Crippen molar-refractivity contribution in [3.05, 3.63) is 54.1 Å². The molecule has 0 aromatic heterocycles. The normalized spacial score (nSPS) is 17.4. The van der Waals surface area contributed by atoms with Crippen LogP contribution in [-0.4, -0.2) is 24.7 Å². The van der Waals surface area contributed by atoms with Gasteiger partial charge in [0.15, 0.2) is 0 Å². The molecular weight excluding hydrogens is 433 g/mol. The van der Waals surface area contributed by atoms with Crippen LogP contribution in [0.3, 0.4) is 0 Å². The van der Waals surface area contributed by atoms with Crippen molar-refractivity contribution >= 4 is 40.3 Å². The van der Waals surface area contributed by atoms with Crippen molar-refractivity contribution in [3.8, 4) is 0 Å². The second kappa shape index (κ2) is 10.6. The van der Waals surface area contributed by atoms with Gasteiger partial charge in [-0.05, 0) is 29.7 Å². The Morgan fingerprint density at radius 3 is 1.75 bits per heavy atom. The first-order valence-corrected chi connectivity index (χ1v) is 20.1. The Labute approximate surface area is 203 Å². The molecule has 4 bridgehead atoms. The second-order valence-corrected chi connectivity index (χ2v) is 24.7. The molecule has 0 N–H and O–H groups in total. The van der Waals surface area contributed by atoms with Crippen LogP contribution in [-0.2, 0) is 6.04 Å². The van der Waals surface area contributed by atoms with Crippen LogP contribution in [0.5, 0.6) is 0 Å². The van der Waals surface area contributed by atoms with Crippen molar-refractivity contribution in [3.63, 3.8) is 0 Å². The molecule has 0 amide bonds. The summed E-state index contributed by atoms with van der Waals surface area (Å²) in [6, 6.07) is 27.2. The van der Waals surface area contributed by atoms with Gasteiger partial charge in [-0.3, -0.25) is 0 Å². The molecule has 0 atom stereocenters. The minimum atomic E-state index is -1.68. The minimum absolute atomic E-state index is 0.755. The summed E-state index contributed by atoms with van der Waals surface area (Å²) in [7, 11) is -2.34. The predicted octanol–water partition coefficient (Wildman–Crippen LogP) is 6.24. The molecule has 1 aliphatic rings. The summed E-state index contributed by atoms with van der Waals surface area (Å²) in [5, 5.41) is 5.17. The zero-order chi connectivity index (χ0) is 23.5. The van der Waals surface area contributed by atoms with E-state index in [1.807, 2.05) is 0 Å². The van der Waals surface area contributed by atoms with Gasteiger partial charge < -0.3 is 0 Å². The molecule has 3 rings (SSSR count). The fourth-order valence-electron chi connectivity index (χ4n) is 6.59. The van der Waals surface area contributed by atoms with Gasteiger partial charge in [-0.25, -0.2) is 0 Å². The maximum atomic E-state index is 2.78. The van der Waals surface area contributed by atoms with Crippen LogP contribution >= 0.6 is 0 Å². The molecule has 0 saturated carbocycles. The average molecular weight is 479 g/mol. The van der Waals surface area contributed by atoms with Gasteiger partial charge in [0.2, 0.25) is 0 Å². The Balaban J connectivity index is 2.30.